The summed E-state index contributed by atoms with van der Waals surface area (Å²) < 4.78 is 36.8. The monoisotopic (exact) mass is 490 g/mol. The van der Waals surface area contributed by atoms with E-state index in [-0.39, 0.29) is 0 Å². The van der Waals surface area contributed by atoms with E-state index >= 15 is 0 Å². The highest BCUT2D eigenvalue weighted by molar-refractivity contribution is 8.99. The van der Waals surface area contributed by atoms with Crippen LogP contribution in [0.4, 0.5) is 0 Å². The average molecular weight is 491 g/mol. The third-order valence-corrected chi connectivity index (χ3v) is 21.0. The Morgan fingerprint density at radius 1 is 0.741 bits per heavy atom. The van der Waals surface area contributed by atoms with Crippen molar-refractivity contribution in [1.29, 1.82) is 0 Å². The van der Waals surface area contributed by atoms with Crippen molar-refractivity contribution in [3.63, 3.8) is 0 Å². The van der Waals surface area contributed by atoms with Gasteiger partial charge in [-0.15, -0.1) is 0 Å². The van der Waals surface area contributed by atoms with Gasteiger partial charge in [0.15, 0.2) is 0 Å². The van der Waals surface area contributed by atoms with Gasteiger partial charge in [-0.2, -0.15) is 0 Å². The van der Waals surface area contributed by atoms with Gasteiger partial charge < -0.3 is 31.1 Å². The Labute approximate surface area is 177 Å². The standard InChI is InChI=1S/C14H27O7PS3Si2/c1-15-26(16-2,17-3)12-24-22(23,21-14-10-8-7-9-11-14)25-13-27(18-4,19-5)20-6/h7-11H,12-13H2,1-6H3. The van der Waals surface area contributed by atoms with Gasteiger partial charge in [0.2, 0.25) is 4.67 Å². The van der Waals surface area contributed by atoms with Crippen molar-refractivity contribution in [2.24, 2.45) is 0 Å². The van der Waals surface area contributed by atoms with Crippen molar-refractivity contribution in [3.05, 3.63) is 30.3 Å². The predicted molar refractivity (Wildman–Crippen MR) is 120 cm³/mol. The van der Waals surface area contributed by atoms with Crippen LogP contribution in [0.15, 0.2) is 30.3 Å². The third kappa shape index (κ3) is 7.72. The molecule has 0 heterocycles. The highest BCUT2D eigenvalue weighted by Gasteiger charge is 2.44. The molecule has 27 heavy (non-hydrogen) atoms. The van der Waals surface area contributed by atoms with Crippen LogP contribution >= 0.6 is 27.4 Å². The van der Waals surface area contributed by atoms with E-state index in [9.17, 15) is 0 Å². The van der Waals surface area contributed by atoms with Gasteiger partial charge in [0.25, 0.3) is 0 Å². The van der Waals surface area contributed by atoms with Gasteiger partial charge in [-0.25, -0.2) is 0 Å². The highest BCUT2D eigenvalue weighted by Crippen LogP contribution is 2.70. The van der Waals surface area contributed by atoms with E-state index in [0.29, 0.717) is 16.5 Å². The Hall–Kier alpha value is 0.564. The first-order chi connectivity index (χ1) is 12.9. The van der Waals surface area contributed by atoms with Crippen LogP contribution in [-0.2, 0) is 38.4 Å². The van der Waals surface area contributed by atoms with E-state index in [2.05, 4.69) is 0 Å². The summed E-state index contributed by atoms with van der Waals surface area (Å²) in [6, 6.07) is 9.49. The maximum atomic E-state index is 6.22. The first-order valence-corrected chi connectivity index (χ1v) is 17.6. The van der Waals surface area contributed by atoms with Crippen molar-refractivity contribution in [2.45, 2.75) is 0 Å². The molecule has 0 N–H and O–H groups in total. The quantitative estimate of drug-likeness (QED) is 0.285. The molecule has 0 aliphatic carbocycles. The molecule has 1 aromatic rings. The van der Waals surface area contributed by atoms with Crippen LogP contribution in [0, 0.1) is 0 Å². The lowest BCUT2D eigenvalue weighted by Crippen LogP contribution is -2.46. The largest absolute Gasteiger partial charge is 0.511 e. The first kappa shape index (κ1) is 25.6. The van der Waals surface area contributed by atoms with Crippen LogP contribution in [0.5, 0.6) is 5.75 Å². The van der Waals surface area contributed by atoms with E-state index in [1.807, 2.05) is 30.3 Å². The van der Waals surface area contributed by atoms with Gasteiger partial charge in [-0.3, -0.25) is 0 Å². The Balaban J connectivity index is 3.00. The Morgan fingerprint density at radius 2 is 1.11 bits per heavy atom. The molecule has 1 rings (SSSR count). The van der Waals surface area contributed by atoms with Crippen molar-refractivity contribution in [2.75, 3.05) is 53.4 Å². The van der Waals surface area contributed by atoms with Gasteiger partial charge in [-0.1, -0.05) is 41.0 Å². The molecular weight excluding hydrogens is 463 g/mol. The third-order valence-electron chi connectivity index (χ3n) is 3.63. The molecule has 0 aromatic heterocycles. The van der Waals surface area contributed by atoms with E-state index in [0.717, 1.165) is 0 Å². The Kier molecular flexibility index (Phi) is 11.7. The molecule has 0 fully saturated rings. The minimum absolute atomic E-state index is 0.467. The maximum Gasteiger partial charge on any atom is 0.511 e. The number of benzene rings is 1. The molecule has 0 saturated carbocycles. The first-order valence-electron chi connectivity index (χ1n) is 7.80. The lowest BCUT2D eigenvalue weighted by molar-refractivity contribution is 0.130. The minimum atomic E-state index is -2.80. The molecule has 0 aliphatic heterocycles. The van der Waals surface area contributed by atoms with Gasteiger partial charge in [0.1, 0.15) is 5.75 Å². The zero-order valence-corrected chi connectivity index (χ0v) is 21.7. The molecule has 0 amide bonds. The van der Waals surface area contributed by atoms with Gasteiger partial charge in [0.05, 0.1) is 10.8 Å². The van der Waals surface area contributed by atoms with Gasteiger partial charge in [0, 0.05) is 42.7 Å². The van der Waals surface area contributed by atoms with Crippen molar-refractivity contribution in [1.82, 2.24) is 0 Å². The van der Waals surface area contributed by atoms with Crippen molar-refractivity contribution >= 4 is 56.8 Å². The van der Waals surface area contributed by atoms with E-state index in [4.69, 9.17) is 42.9 Å². The maximum absolute atomic E-state index is 6.22. The summed E-state index contributed by atoms with van der Waals surface area (Å²) >= 11 is 8.89. The summed E-state index contributed by atoms with van der Waals surface area (Å²) in [7, 11) is 3.87. The smallest absolute Gasteiger partial charge is 0.448 e. The summed E-state index contributed by atoms with van der Waals surface area (Å²) in [5, 5.41) is 0.935. The molecule has 0 atom stereocenters. The molecule has 1 aromatic carbocycles. The fraction of sp³-hybridized carbons (Fsp3) is 0.571. The number of hydrogen-bond acceptors (Lipinski definition) is 10. The summed E-state index contributed by atoms with van der Waals surface area (Å²) in [5.74, 6) is 0.708. The van der Waals surface area contributed by atoms with Crippen molar-refractivity contribution < 1.29 is 31.1 Å². The summed E-state index contributed by atoms with van der Waals surface area (Å²) in [6.07, 6.45) is 0. The Morgan fingerprint density at radius 3 is 1.44 bits per heavy atom. The molecular formula is C14H27O7PS3Si2. The van der Waals surface area contributed by atoms with Crippen LogP contribution < -0.4 is 4.52 Å². The molecule has 0 saturated heterocycles. The number of para-hydroxylation sites is 1. The normalized spacial score (nSPS) is 13.0. The second kappa shape index (κ2) is 12.3. The van der Waals surface area contributed by atoms with Crippen LogP contribution in [0.2, 0.25) is 0 Å². The second-order valence-corrected chi connectivity index (χ2v) is 22.3. The fourth-order valence-electron chi connectivity index (χ4n) is 1.87. The molecule has 0 aliphatic rings. The van der Waals surface area contributed by atoms with Crippen LogP contribution in [0.1, 0.15) is 0 Å². The van der Waals surface area contributed by atoms with Crippen LogP contribution in [-0.4, -0.2) is 71.0 Å². The molecule has 0 bridgehead atoms. The average Bonchev–Trinajstić information content (AvgIpc) is 2.72. The molecule has 0 radical (unpaired) electrons. The van der Waals surface area contributed by atoms with Gasteiger partial charge >= 0.3 is 17.6 Å². The zero-order chi connectivity index (χ0) is 20.4. The van der Waals surface area contributed by atoms with E-state index in [1.54, 1.807) is 42.7 Å². The lowest BCUT2D eigenvalue weighted by atomic mass is 10.3. The van der Waals surface area contributed by atoms with Crippen molar-refractivity contribution in [3.8, 4) is 5.75 Å². The van der Waals surface area contributed by atoms with Gasteiger partial charge in [-0.05, 0) is 23.9 Å². The van der Waals surface area contributed by atoms with Crippen LogP contribution in [0.25, 0.3) is 0 Å². The van der Waals surface area contributed by atoms with E-state index in [1.165, 1.54) is 22.8 Å². The molecule has 7 nitrogen and oxygen atoms in total. The SMILES string of the molecule is CO[Si](CSP(=S)(Oc1ccccc1)SC[Si](OC)(OC)OC)(OC)OC. The Bertz CT molecular complexity index is 547. The molecule has 13 heteroatoms. The molecule has 156 valence electrons. The summed E-state index contributed by atoms with van der Waals surface area (Å²) in [4.78, 5) is 0. The molecule has 0 spiro atoms. The second-order valence-electron chi connectivity index (χ2n) is 4.99. The zero-order valence-electron chi connectivity index (χ0n) is 16.3. The predicted octanol–water partition coefficient (Wildman–Crippen LogP) is 3.59. The topological polar surface area (TPSA) is 64.6 Å². The number of hydrogen-bond donors (Lipinski definition) is 0. The summed E-state index contributed by atoms with van der Waals surface area (Å²) in [5.41, 5.74) is 0. The summed E-state index contributed by atoms with van der Waals surface area (Å²) in [6.45, 7) is 0. The lowest BCUT2D eigenvalue weighted by Gasteiger charge is -2.30. The fourth-order valence-corrected chi connectivity index (χ4v) is 22.2. The van der Waals surface area contributed by atoms with E-state index < -0.39 is 22.3 Å². The molecule has 0 unspecified atom stereocenters. The number of rotatable bonds is 14. The minimum Gasteiger partial charge on any atom is -0.448 e. The van der Waals surface area contributed by atoms with Crippen LogP contribution in [0.3, 0.4) is 0 Å². The highest BCUT2D eigenvalue weighted by atomic mass is 33.2.